The van der Waals surface area contributed by atoms with Crippen molar-refractivity contribution in [2.24, 2.45) is 0 Å². The van der Waals surface area contributed by atoms with E-state index in [1.54, 1.807) is 29.0 Å². The smallest absolute Gasteiger partial charge is 0.352 e. The van der Waals surface area contributed by atoms with E-state index < -0.39 is 12.0 Å². The lowest BCUT2D eigenvalue weighted by atomic mass is 10.0. The molecule has 8 heteroatoms. The molecule has 27 heavy (non-hydrogen) atoms. The summed E-state index contributed by atoms with van der Waals surface area (Å²) in [7, 11) is 0. The van der Waals surface area contributed by atoms with Gasteiger partial charge in [0, 0.05) is 5.75 Å². The van der Waals surface area contributed by atoms with Crippen molar-refractivity contribution in [3.05, 3.63) is 77.5 Å². The molecule has 1 aliphatic rings. The minimum Gasteiger partial charge on any atom is -0.508 e. The predicted octanol–water partition coefficient (Wildman–Crippen LogP) is 3.26. The molecule has 1 aliphatic heterocycles. The van der Waals surface area contributed by atoms with E-state index in [1.165, 1.54) is 11.8 Å². The fraction of sp³-hybridized carbons (Fsp3) is 0.105. The molecule has 1 atom stereocenters. The molecule has 0 amide bonds. The van der Waals surface area contributed by atoms with Gasteiger partial charge in [-0.15, -0.1) is 5.10 Å². The van der Waals surface area contributed by atoms with Crippen molar-refractivity contribution in [3.63, 3.8) is 0 Å². The highest BCUT2D eigenvalue weighted by atomic mass is 32.2. The van der Waals surface area contributed by atoms with E-state index >= 15 is 0 Å². The van der Waals surface area contributed by atoms with E-state index in [0.717, 1.165) is 11.1 Å². The van der Waals surface area contributed by atoms with Crippen LogP contribution in [0, 0.1) is 0 Å². The number of carbonyl (C=O) groups is 1. The Morgan fingerprint density at radius 3 is 2.74 bits per heavy atom. The van der Waals surface area contributed by atoms with Gasteiger partial charge in [-0.2, -0.15) is 4.98 Å². The number of aromatic nitrogens is 3. The highest BCUT2D eigenvalue weighted by Gasteiger charge is 2.27. The lowest BCUT2D eigenvalue weighted by Gasteiger charge is -2.22. The van der Waals surface area contributed by atoms with Gasteiger partial charge in [-0.05, 0) is 29.3 Å². The number of rotatable bonds is 5. The van der Waals surface area contributed by atoms with Crippen molar-refractivity contribution in [2.75, 3.05) is 5.32 Å². The van der Waals surface area contributed by atoms with Gasteiger partial charge in [-0.1, -0.05) is 54.2 Å². The molecule has 2 heterocycles. The van der Waals surface area contributed by atoms with E-state index in [9.17, 15) is 15.0 Å². The largest absolute Gasteiger partial charge is 0.508 e. The number of nitrogens with one attached hydrogen (secondary N) is 1. The van der Waals surface area contributed by atoms with Crippen molar-refractivity contribution in [2.45, 2.75) is 17.0 Å². The Balaban J connectivity index is 1.65. The van der Waals surface area contributed by atoms with Crippen LogP contribution in [0.2, 0.25) is 0 Å². The number of allylic oxidation sites excluding steroid dienone is 1. The minimum atomic E-state index is -1.08. The number of nitrogens with zero attached hydrogens (tertiary/aromatic N) is 3. The van der Waals surface area contributed by atoms with E-state index in [0.29, 0.717) is 16.9 Å². The SMILES string of the molecule is O=C(O)C1=C[C@@H](c2cccc(O)c2)n2nc(SCc3ccccc3)nc2N1. The molecule has 0 fully saturated rings. The Kier molecular flexibility index (Phi) is 4.55. The summed E-state index contributed by atoms with van der Waals surface area (Å²) < 4.78 is 1.63. The highest BCUT2D eigenvalue weighted by molar-refractivity contribution is 7.98. The maximum absolute atomic E-state index is 11.5. The summed E-state index contributed by atoms with van der Waals surface area (Å²) in [6.45, 7) is 0. The van der Waals surface area contributed by atoms with Gasteiger partial charge in [-0.25, -0.2) is 9.48 Å². The number of anilines is 1. The fourth-order valence-electron chi connectivity index (χ4n) is 2.83. The molecule has 0 bridgehead atoms. The molecular weight excluding hydrogens is 364 g/mol. The maximum Gasteiger partial charge on any atom is 0.352 e. The van der Waals surface area contributed by atoms with Crippen LogP contribution in [-0.2, 0) is 10.5 Å². The van der Waals surface area contributed by atoms with Gasteiger partial charge in [0.05, 0.1) is 0 Å². The zero-order valence-corrected chi connectivity index (χ0v) is 14.9. The number of phenolic OH excluding ortho intramolecular Hbond substituents is 1. The van der Waals surface area contributed by atoms with Crippen LogP contribution in [0.15, 0.2) is 71.5 Å². The quantitative estimate of drug-likeness (QED) is 0.584. The normalized spacial score (nSPS) is 15.6. The first-order chi connectivity index (χ1) is 13.1. The van der Waals surface area contributed by atoms with E-state index in [4.69, 9.17) is 0 Å². The van der Waals surface area contributed by atoms with Gasteiger partial charge in [0.15, 0.2) is 0 Å². The van der Waals surface area contributed by atoms with Gasteiger partial charge < -0.3 is 15.5 Å². The molecular formula is C19H16N4O3S. The summed E-state index contributed by atoms with van der Waals surface area (Å²) in [6, 6.07) is 16.2. The standard InChI is InChI=1S/C19H16N4O3S/c24-14-8-4-7-13(9-14)16-10-15(17(25)26)20-18-21-19(22-23(16)18)27-11-12-5-2-1-3-6-12/h1-10,16,24H,11H2,(H,25,26)(H,20,21,22)/t16-/m0/s1. The second-order valence-corrected chi connectivity index (χ2v) is 6.93. The lowest BCUT2D eigenvalue weighted by Crippen LogP contribution is -2.24. The van der Waals surface area contributed by atoms with Crippen LogP contribution in [0.1, 0.15) is 17.2 Å². The molecule has 1 aromatic heterocycles. The summed E-state index contributed by atoms with van der Waals surface area (Å²) >= 11 is 1.47. The van der Waals surface area contributed by atoms with Gasteiger partial charge in [0.1, 0.15) is 17.5 Å². The zero-order chi connectivity index (χ0) is 18.8. The minimum absolute atomic E-state index is 0.0304. The van der Waals surface area contributed by atoms with Crippen LogP contribution in [0.4, 0.5) is 5.95 Å². The summed E-state index contributed by atoms with van der Waals surface area (Å²) in [6.07, 6.45) is 1.56. The molecule has 0 spiro atoms. The van der Waals surface area contributed by atoms with Crippen LogP contribution in [0.25, 0.3) is 0 Å². The molecule has 7 nitrogen and oxygen atoms in total. The van der Waals surface area contributed by atoms with Gasteiger partial charge >= 0.3 is 5.97 Å². The van der Waals surface area contributed by atoms with E-state index in [1.807, 2.05) is 36.4 Å². The van der Waals surface area contributed by atoms with Gasteiger partial charge in [-0.3, -0.25) is 0 Å². The molecule has 0 radical (unpaired) electrons. The Hall–Kier alpha value is -3.26. The van der Waals surface area contributed by atoms with Gasteiger partial charge in [0.2, 0.25) is 11.1 Å². The molecule has 136 valence electrons. The van der Waals surface area contributed by atoms with Crippen LogP contribution in [0.3, 0.4) is 0 Å². The number of hydrogen-bond acceptors (Lipinski definition) is 6. The van der Waals surface area contributed by atoms with Crippen LogP contribution in [0.5, 0.6) is 5.75 Å². The second kappa shape index (κ2) is 7.16. The monoisotopic (exact) mass is 380 g/mol. The number of benzene rings is 2. The summed E-state index contributed by atoms with van der Waals surface area (Å²) in [5, 5.41) is 27.1. The number of carboxylic acids is 1. The number of aliphatic carboxylic acids is 1. The van der Waals surface area contributed by atoms with Crippen molar-refractivity contribution >= 4 is 23.7 Å². The van der Waals surface area contributed by atoms with Crippen molar-refractivity contribution < 1.29 is 15.0 Å². The molecule has 0 aliphatic carbocycles. The van der Waals surface area contributed by atoms with E-state index in [2.05, 4.69) is 15.4 Å². The number of carboxylic acid groups (broad SMARTS) is 1. The number of hydrogen-bond donors (Lipinski definition) is 3. The number of phenols is 1. The third kappa shape index (κ3) is 3.65. The maximum atomic E-state index is 11.5. The Morgan fingerprint density at radius 2 is 2.00 bits per heavy atom. The molecule has 3 aromatic rings. The molecule has 2 aromatic carbocycles. The summed E-state index contributed by atoms with van der Waals surface area (Å²) in [5.74, 6) is 0.101. The van der Waals surface area contributed by atoms with Crippen LogP contribution >= 0.6 is 11.8 Å². The first kappa shape index (κ1) is 17.2. The summed E-state index contributed by atoms with van der Waals surface area (Å²) in [4.78, 5) is 15.9. The number of thioether (sulfide) groups is 1. The molecule has 3 N–H and O–H groups in total. The van der Waals surface area contributed by atoms with Crippen LogP contribution in [-0.4, -0.2) is 30.9 Å². The van der Waals surface area contributed by atoms with E-state index in [-0.39, 0.29) is 11.4 Å². The Bertz CT molecular complexity index is 1020. The third-order valence-corrected chi connectivity index (χ3v) is 5.01. The molecule has 0 saturated heterocycles. The number of fused-ring (bicyclic) bond motifs is 1. The first-order valence-corrected chi connectivity index (χ1v) is 9.23. The molecule has 0 unspecified atom stereocenters. The molecule has 4 rings (SSSR count). The average Bonchev–Trinajstić information content (AvgIpc) is 3.09. The van der Waals surface area contributed by atoms with Crippen molar-refractivity contribution in [1.29, 1.82) is 0 Å². The Morgan fingerprint density at radius 1 is 1.19 bits per heavy atom. The average molecular weight is 380 g/mol. The Labute approximate surface area is 159 Å². The van der Waals surface area contributed by atoms with Gasteiger partial charge in [0.25, 0.3) is 0 Å². The zero-order valence-electron chi connectivity index (χ0n) is 14.1. The van der Waals surface area contributed by atoms with Crippen molar-refractivity contribution in [3.8, 4) is 5.75 Å². The van der Waals surface area contributed by atoms with Crippen LogP contribution < -0.4 is 5.32 Å². The first-order valence-electron chi connectivity index (χ1n) is 8.24. The second-order valence-electron chi connectivity index (χ2n) is 5.99. The third-order valence-electron chi connectivity index (χ3n) is 4.10. The number of aromatic hydroxyl groups is 1. The molecule has 0 saturated carbocycles. The fourth-order valence-corrected chi connectivity index (χ4v) is 3.61. The summed E-state index contributed by atoms with van der Waals surface area (Å²) in [5.41, 5.74) is 1.90. The topological polar surface area (TPSA) is 100 Å². The van der Waals surface area contributed by atoms with Crippen molar-refractivity contribution in [1.82, 2.24) is 14.8 Å². The lowest BCUT2D eigenvalue weighted by molar-refractivity contribution is -0.132. The highest BCUT2D eigenvalue weighted by Crippen LogP contribution is 2.32. The predicted molar refractivity (Wildman–Crippen MR) is 102 cm³/mol.